The van der Waals surface area contributed by atoms with E-state index in [0.717, 1.165) is 12.1 Å². The second kappa shape index (κ2) is 8.62. The molecule has 0 spiro atoms. The number of carbonyl (C=O) groups is 1. The molecule has 1 rings (SSSR count). The predicted molar refractivity (Wildman–Crippen MR) is 89.9 cm³/mol. The minimum atomic E-state index is 0.140. The van der Waals surface area contributed by atoms with Gasteiger partial charge in [-0.25, -0.2) is 0 Å². The highest BCUT2D eigenvalue weighted by atomic mass is 35.5. The van der Waals surface area contributed by atoms with Crippen molar-refractivity contribution >= 4 is 29.1 Å². The van der Waals surface area contributed by atoms with Gasteiger partial charge in [-0.15, -0.1) is 0 Å². The van der Waals surface area contributed by atoms with Gasteiger partial charge in [0.1, 0.15) is 0 Å². The lowest BCUT2D eigenvalue weighted by atomic mass is 10.1. The molecule has 118 valence electrons. The van der Waals surface area contributed by atoms with Crippen molar-refractivity contribution in [2.24, 2.45) is 0 Å². The van der Waals surface area contributed by atoms with Crippen molar-refractivity contribution in [3.8, 4) is 0 Å². The fraction of sp³-hybridized carbons (Fsp3) is 0.562. The first kappa shape index (κ1) is 18.3. The zero-order chi connectivity index (χ0) is 16.0. The Labute approximate surface area is 137 Å². The topological polar surface area (TPSA) is 32.3 Å². The molecule has 0 heterocycles. The van der Waals surface area contributed by atoms with Gasteiger partial charge in [0, 0.05) is 25.0 Å². The monoisotopic (exact) mass is 330 g/mol. The van der Waals surface area contributed by atoms with Crippen LogP contribution in [0.1, 0.15) is 39.7 Å². The first-order valence-electron chi connectivity index (χ1n) is 7.31. The highest BCUT2D eigenvalue weighted by Gasteiger charge is 2.19. The van der Waals surface area contributed by atoms with Crippen molar-refractivity contribution in [1.82, 2.24) is 10.2 Å². The molecule has 1 N–H and O–H groups in total. The zero-order valence-electron chi connectivity index (χ0n) is 13.1. The standard InChI is InChI=1S/C16H24Cl2N2O/c1-5-19-12(4)8-16(21)20(11(2)3)10-13-6-7-14(17)15(18)9-13/h6-7,9,11-12,19H,5,8,10H2,1-4H3. The van der Waals surface area contributed by atoms with Gasteiger partial charge in [0.05, 0.1) is 10.0 Å². The third-order valence-electron chi connectivity index (χ3n) is 3.31. The van der Waals surface area contributed by atoms with E-state index in [1.807, 2.05) is 44.7 Å². The summed E-state index contributed by atoms with van der Waals surface area (Å²) in [7, 11) is 0. The predicted octanol–water partition coefficient (Wildman–Crippen LogP) is 4.12. The van der Waals surface area contributed by atoms with Gasteiger partial charge in [0.25, 0.3) is 0 Å². The molecule has 3 nitrogen and oxygen atoms in total. The van der Waals surface area contributed by atoms with Gasteiger partial charge < -0.3 is 10.2 Å². The number of hydrogen-bond donors (Lipinski definition) is 1. The quantitative estimate of drug-likeness (QED) is 0.815. The summed E-state index contributed by atoms with van der Waals surface area (Å²) in [6.07, 6.45) is 0.493. The SMILES string of the molecule is CCNC(C)CC(=O)N(Cc1ccc(Cl)c(Cl)c1)C(C)C. The summed E-state index contributed by atoms with van der Waals surface area (Å²) < 4.78 is 0. The Balaban J connectivity index is 2.77. The van der Waals surface area contributed by atoms with Crippen LogP contribution in [0, 0.1) is 0 Å². The lowest BCUT2D eigenvalue weighted by molar-refractivity contribution is -0.134. The maximum atomic E-state index is 12.5. The molecule has 1 atom stereocenters. The van der Waals surface area contributed by atoms with Gasteiger partial charge in [-0.1, -0.05) is 36.2 Å². The van der Waals surface area contributed by atoms with E-state index in [0.29, 0.717) is 23.0 Å². The van der Waals surface area contributed by atoms with Crippen LogP contribution in [-0.2, 0) is 11.3 Å². The first-order valence-corrected chi connectivity index (χ1v) is 8.07. The van der Waals surface area contributed by atoms with Crippen molar-refractivity contribution in [3.63, 3.8) is 0 Å². The highest BCUT2D eigenvalue weighted by Crippen LogP contribution is 2.23. The Morgan fingerprint density at radius 2 is 1.90 bits per heavy atom. The molecule has 0 bridgehead atoms. The lowest BCUT2D eigenvalue weighted by Gasteiger charge is -2.28. The summed E-state index contributed by atoms with van der Waals surface area (Å²) in [6.45, 7) is 9.52. The average molecular weight is 331 g/mol. The minimum Gasteiger partial charge on any atom is -0.336 e. The highest BCUT2D eigenvalue weighted by molar-refractivity contribution is 6.42. The fourth-order valence-corrected chi connectivity index (χ4v) is 2.51. The van der Waals surface area contributed by atoms with Crippen molar-refractivity contribution in [1.29, 1.82) is 0 Å². The third-order valence-corrected chi connectivity index (χ3v) is 4.05. The molecular formula is C16H24Cl2N2O. The fourth-order valence-electron chi connectivity index (χ4n) is 2.19. The van der Waals surface area contributed by atoms with Crippen LogP contribution in [0.5, 0.6) is 0 Å². The molecule has 0 aliphatic carbocycles. The van der Waals surface area contributed by atoms with Crippen LogP contribution in [-0.4, -0.2) is 29.4 Å². The molecule has 0 aliphatic heterocycles. The van der Waals surface area contributed by atoms with Crippen LogP contribution in [0.2, 0.25) is 10.0 Å². The molecule has 1 unspecified atom stereocenters. The van der Waals surface area contributed by atoms with Gasteiger partial charge in [-0.2, -0.15) is 0 Å². The molecule has 0 saturated heterocycles. The van der Waals surface area contributed by atoms with Crippen LogP contribution >= 0.6 is 23.2 Å². The van der Waals surface area contributed by atoms with E-state index in [2.05, 4.69) is 5.32 Å². The molecule has 0 fully saturated rings. The number of nitrogens with zero attached hydrogens (tertiary/aromatic N) is 1. The van der Waals surface area contributed by atoms with Gasteiger partial charge in [0.2, 0.25) is 5.91 Å². The lowest BCUT2D eigenvalue weighted by Crippen LogP contribution is -2.40. The third kappa shape index (κ3) is 5.85. The van der Waals surface area contributed by atoms with Gasteiger partial charge in [-0.3, -0.25) is 4.79 Å². The number of hydrogen-bond acceptors (Lipinski definition) is 2. The molecule has 0 saturated carbocycles. The molecule has 1 aromatic rings. The molecule has 1 aromatic carbocycles. The maximum Gasteiger partial charge on any atom is 0.224 e. The van der Waals surface area contributed by atoms with Crippen molar-refractivity contribution in [3.05, 3.63) is 33.8 Å². The Morgan fingerprint density at radius 1 is 1.24 bits per heavy atom. The Hall–Kier alpha value is -0.770. The molecule has 0 radical (unpaired) electrons. The number of amides is 1. The van der Waals surface area contributed by atoms with Crippen LogP contribution in [0.15, 0.2) is 18.2 Å². The molecule has 1 amide bonds. The van der Waals surface area contributed by atoms with Crippen LogP contribution in [0.3, 0.4) is 0 Å². The normalized spacial score (nSPS) is 12.5. The summed E-state index contributed by atoms with van der Waals surface area (Å²) in [6, 6.07) is 5.81. The Kier molecular flexibility index (Phi) is 7.50. The number of rotatable bonds is 7. The molecule has 21 heavy (non-hydrogen) atoms. The Bertz CT molecular complexity index is 477. The molecule has 0 aliphatic rings. The average Bonchev–Trinajstić information content (AvgIpc) is 2.39. The number of nitrogens with one attached hydrogen (secondary N) is 1. The van der Waals surface area contributed by atoms with Crippen molar-refractivity contribution < 1.29 is 4.79 Å². The summed E-state index contributed by atoms with van der Waals surface area (Å²) >= 11 is 12.0. The van der Waals surface area contributed by atoms with Crippen molar-refractivity contribution in [2.45, 2.75) is 52.7 Å². The van der Waals surface area contributed by atoms with Crippen LogP contribution < -0.4 is 5.32 Å². The first-order chi connectivity index (χ1) is 9.85. The second-order valence-corrected chi connectivity index (χ2v) is 6.34. The zero-order valence-corrected chi connectivity index (χ0v) is 14.6. The molecule has 0 aromatic heterocycles. The number of halogens is 2. The van der Waals surface area contributed by atoms with E-state index in [4.69, 9.17) is 23.2 Å². The van der Waals surface area contributed by atoms with Crippen LogP contribution in [0.4, 0.5) is 0 Å². The van der Waals surface area contributed by atoms with E-state index < -0.39 is 0 Å². The summed E-state index contributed by atoms with van der Waals surface area (Å²) in [5, 5.41) is 4.32. The van der Waals surface area contributed by atoms with Gasteiger partial charge in [0.15, 0.2) is 0 Å². The van der Waals surface area contributed by atoms with Gasteiger partial charge >= 0.3 is 0 Å². The van der Waals surface area contributed by atoms with Crippen LogP contribution in [0.25, 0.3) is 0 Å². The van der Waals surface area contributed by atoms with Crippen molar-refractivity contribution in [2.75, 3.05) is 6.54 Å². The Morgan fingerprint density at radius 3 is 2.43 bits per heavy atom. The molecular weight excluding hydrogens is 307 g/mol. The summed E-state index contributed by atoms with van der Waals surface area (Å²) in [5.41, 5.74) is 0.988. The number of carbonyl (C=O) groups excluding carboxylic acids is 1. The van der Waals surface area contributed by atoms with Gasteiger partial charge in [-0.05, 0) is 45.0 Å². The number of benzene rings is 1. The van der Waals surface area contributed by atoms with E-state index in [1.165, 1.54) is 0 Å². The summed E-state index contributed by atoms with van der Waals surface area (Å²) in [4.78, 5) is 14.3. The maximum absolute atomic E-state index is 12.5. The minimum absolute atomic E-state index is 0.140. The van der Waals surface area contributed by atoms with E-state index in [1.54, 1.807) is 6.07 Å². The molecule has 5 heteroatoms. The van der Waals surface area contributed by atoms with E-state index in [-0.39, 0.29) is 18.0 Å². The summed E-state index contributed by atoms with van der Waals surface area (Å²) in [5.74, 6) is 0.143. The smallest absolute Gasteiger partial charge is 0.224 e. The largest absolute Gasteiger partial charge is 0.336 e. The second-order valence-electron chi connectivity index (χ2n) is 5.53. The van der Waals surface area contributed by atoms with E-state index >= 15 is 0 Å². The van der Waals surface area contributed by atoms with E-state index in [9.17, 15) is 4.79 Å².